The molecule has 2 atom stereocenters. The van der Waals surface area contributed by atoms with E-state index in [1.165, 1.54) is 4.57 Å². The topological polar surface area (TPSA) is 100 Å². The van der Waals surface area contributed by atoms with Crippen LogP contribution in [-0.4, -0.2) is 24.7 Å². The number of aromatic nitrogens is 3. The molecular weight excluding hydrogens is 330 g/mol. The van der Waals surface area contributed by atoms with Crippen LogP contribution in [0, 0.1) is 11.7 Å². The number of rotatable bonds is 3. The number of H-pyrrole nitrogens is 1. The molecule has 0 aromatic carbocycles. The molecule has 0 saturated carbocycles. The number of hydrogen-bond acceptors (Lipinski definition) is 6. The van der Waals surface area contributed by atoms with E-state index in [0.29, 0.717) is 16.8 Å². The van der Waals surface area contributed by atoms with Crippen molar-refractivity contribution in [3.63, 3.8) is 0 Å². The van der Waals surface area contributed by atoms with Crippen LogP contribution in [-0.2, 0) is 11.3 Å². The first-order valence-corrected chi connectivity index (χ1v) is 8.14. The quantitative estimate of drug-likeness (QED) is 0.737. The highest BCUT2D eigenvalue weighted by molar-refractivity contribution is 7.71. The first-order valence-electron chi connectivity index (χ1n) is 7.73. The lowest BCUT2D eigenvalue weighted by atomic mass is 10.00. The van der Waals surface area contributed by atoms with Gasteiger partial charge in [0, 0.05) is 23.4 Å². The summed E-state index contributed by atoms with van der Waals surface area (Å²) in [6.07, 6.45) is 1.47. The SMILES string of the molecule is CC[C@H](C)n1c(O)c([C@@H]2OCc3cnc(C)c(O)c32)c(=O)[nH]c1=S. The number of nitrogens with zero attached hydrogens (tertiary/aromatic N) is 2. The van der Waals surface area contributed by atoms with Crippen molar-refractivity contribution < 1.29 is 14.9 Å². The van der Waals surface area contributed by atoms with Gasteiger partial charge in [-0.05, 0) is 32.5 Å². The van der Waals surface area contributed by atoms with Gasteiger partial charge < -0.3 is 14.9 Å². The number of aromatic hydroxyl groups is 2. The summed E-state index contributed by atoms with van der Waals surface area (Å²) in [6.45, 7) is 5.73. The van der Waals surface area contributed by atoms with Crippen LogP contribution in [0.5, 0.6) is 11.6 Å². The molecule has 8 heteroatoms. The molecule has 0 saturated heterocycles. The van der Waals surface area contributed by atoms with Crippen LogP contribution in [0.1, 0.15) is 54.8 Å². The zero-order chi connectivity index (χ0) is 17.6. The van der Waals surface area contributed by atoms with Gasteiger partial charge in [-0.15, -0.1) is 0 Å². The van der Waals surface area contributed by atoms with Crippen LogP contribution in [0.2, 0.25) is 0 Å². The highest BCUT2D eigenvalue weighted by Gasteiger charge is 2.34. The van der Waals surface area contributed by atoms with Crippen molar-refractivity contribution in [2.24, 2.45) is 0 Å². The molecule has 0 aliphatic carbocycles. The van der Waals surface area contributed by atoms with Crippen LogP contribution in [0.15, 0.2) is 11.0 Å². The van der Waals surface area contributed by atoms with Crippen LogP contribution < -0.4 is 5.56 Å². The molecule has 7 nitrogen and oxygen atoms in total. The average Bonchev–Trinajstić information content (AvgIpc) is 2.94. The minimum absolute atomic E-state index is 0.0219. The highest BCUT2D eigenvalue weighted by Crippen LogP contribution is 2.43. The fourth-order valence-electron chi connectivity index (χ4n) is 2.92. The molecule has 3 rings (SSSR count). The molecule has 0 radical (unpaired) electrons. The number of hydrogen-bond donors (Lipinski definition) is 3. The van der Waals surface area contributed by atoms with E-state index in [-0.39, 0.29) is 34.6 Å². The number of pyridine rings is 1. The number of fused-ring (bicyclic) bond motifs is 1. The lowest BCUT2D eigenvalue weighted by molar-refractivity contribution is 0.0886. The monoisotopic (exact) mass is 349 g/mol. The van der Waals surface area contributed by atoms with Gasteiger partial charge in [0.15, 0.2) is 4.77 Å². The van der Waals surface area contributed by atoms with E-state index in [0.717, 1.165) is 6.42 Å². The van der Waals surface area contributed by atoms with Crippen molar-refractivity contribution >= 4 is 12.2 Å². The van der Waals surface area contributed by atoms with E-state index in [1.807, 2.05) is 13.8 Å². The van der Waals surface area contributed by atoms with E-state index in [1.54, 1.807) is 13.1 Å². The highest BCUT2D eigenvalue weighted by atomic mass is 32.1. The molecular formula is C16H19N3O4S. The maximum atomic E-state index is 12.4. The second-order valence-electron chi connectivity index (χ2n) is 5.95. The molecule has 128 valence electrons. The fourth-order valence-corrected chi connectivity index (χ4v) is 3.28. The van der Waals surface area contributed by atoms with Crippen LogP contribution >= 0.6 is 12.2 Å². The van der Waals surface area contributed by atoms with Gasteiger partial charge >= 0.3 is 0 Å². The van der Waals surface area contributed by atoms with Gasteiger partial charge in [0.2, 0.25) is 5.88 Å². The molecule has 3 N–H and O–H groups in total. The van der Waals surface area contributed by atoms with Crippen LogP contribution in [0.25, 0.3) is 0 Å². The molecule has 1 aliphatic heterocycles. The Hall–Kier alpha value is -2.19. The van der Waals surface area contributed by atoms with E-state index < -0.39 is 11.7 Å². The molecule has 0 bridgehead atoms. The summed E-state index contributed by atoms with van der Waals surface area (Å²) in [4.78, 5) is 19.1. The Labute approximate surface area is 143 Å². The lowest BCUT2D eigenvalue weighted by Crippen LogP contribution is -2.23. The van der Waals surface area contributed by atoms with Gasteiger partial charge in [0.05, 0.1) is 12.3 Å². The second-order valence-corrected chi connectivity index (χ2v) is 6.33. The Morgan fingerprint density at radius 2 is 2.21 bits per heavy atom. The Morgan fingerprint density at radius 1 is 1.50 bits per heavy atom. The normalized spacial score (nSPS) is 17.7. The van der Waals surface area contributed by atoms with Crippen molar-refractivity contribution in [1.29, 1.82) is 0 Å². The Balaban J connectivity index is 2.26. The number of aromatic amines is 1. The Morgan fingerprint density at radius 3 is 2.88 bits per heavy atom. The van der Waals surface area contributed by atoms with E-state index in [4.69, 9.17) is 17.0 Å². The van der Waals surface area contributed by atoms with Gasteiger partial charge in [-0.3, -0.25) is 19.3 Å². The van der Waals surface area contributed by atoms with Crippen molar-refractivity contribution in [2.75, 3.05) is 0 Å². The van der Waals surface area contributed by atoms with E-state index in [9.17, 15) is 15.0 Å². The fraction of sp³-hybridized carbons (Fsp3) is 0.438. The average molecular weight is 349 g/mol. The third kappa shape index (κ3) is 2.42. The molecule has 24 heavy (non-hydrogen) atoms. The summed E-state index contributed by atoms with van der Waals surface area (Å²) in [5, 5.41) is 21.0. The maximum Gasteiger partial charge on any atom is 0.261 e. The van der Waals surface area contributed by atoms with Crippen molar-refractivity contribution in [3.8, 4) is 11.6 Å². The van der Waals surface area contributed by atoms with Crippen molar-refractivity contribution in [1.82, 2.24) is 14.5 Å². The van der Waals surface area contributed by atoms with Gasteiger partial charge in [0.25, 0.3) is 5.56 Å². The molecule has 0 unspecified atom stereocenters. The summed E-state index contributed by atoms with van der Waals surface area (Å²) in [7, 11) is 0. The van der Waals surface area contributed by atoms with E-state index >= 15 is 0 Å². The molecule has 2 aromatic rings. The summed E-state index contributed by atoms with van der Waals surface area (Å²) in [5.74, 6) is -0.254. The zero-order valence-corrected chi connectivity index (χ0v) is 14.5. The third-order valence-corrected chi connectivity index (χ3v) is 4.77. The van der Waals surface area contributed by atoms with Crippen LogP contribution in [0.4, 0.5) is 0 Å². The standard InChI is InChI=1S/C16H19N3O4S/c1-4-7(2)19-15(22)11(14(21)18-16(19)24)13-10-9(6-23-13)5-17-8(3)12(10)20/h5,7,13,20,22H,4,6H2,1-3H3,(H,18,21,24)/t7-,13+/m0/s1. The largest absolute Gasteiger partial charge is 0.506 e. The smallest absolute Gasteiger partial charge is 0.261 e. The van der Waals surface area contributed by atoms with Gasteiger partial charge in [-0.25, -0.2) is 0 Å². The second kappa shape index (κ2) is 6.03. The number of ether oxygens (including phenoxy) is 1. The van der Waals surface area contributed by atoms with Crippen LogP contribution in [0.3, 0.4) is 0 Å². The third-order valence-electron chi connectivity index (χ3n) is 4.47. The summed E-state index contributed by atoms with van der Waals surface area (Å²) in [6, 6.07) is -0.0956. The first-order chi connectivity index (χ1) is 11.4. The van der Waals surface area contributed by atoms with Crippen molar-refractivity contribution in [2.45, 2.75) is 45.9 Å². The minimum atomic E-state index is -0.864. The molecule has 1 aliphatic rings. The maximum absolute atomic E-state index is 12.4. The number of nitrogens with one attached hydrogen (secondary N) is 1. The Kier molecular flexibility index (Phi) is 4.18. The number of aryl methyl sites for hydroxylation is 1. The summed E-state index contributed by atoms with van der Waals surface area (Å²) >= 11 is 5.18. The minimum Gasteiger partial charge on any atom is -0.506 e. The molecule has 2 aromatic heterocycles. The molecule has 3 heterocycles. The Bertz CT molecular complexity index is 919. The predicted octanol–water partition coefficient (Wildman–Crippen LogP) is 2.61. The first kappa shape index (κ1) is 16.7. The summed E-state index contributed by atoms with van der Waals surface area (Å²) in [5.41, 5.74) is 1.12. The lowest BCUT2D eigenvalue weighted by Gasteiger charge is -2.20. The van der Waals surface area contributed by atoms with Gasteiger partial charge in [-0.2, -0.15) is 0 Å². The van der Waals surface area contributed by atoms with Gasteiger partial charge in [0.1, 0.15) is 17.4 Å². The zero-order valence-electron chi connectivity index (χ0n) is 13.7. The molecule has 0 spiro atoms. The van der Waals surface area contributed by atoms with Gasteiger partial charge in [-0.1, -0.05) is 6.92 Å². The summed E-state index contributed by atoms with van der Waals surface area (Å²) < 4.78 is 7.34. The molecule has 0 amide bonds. The van der Waals surface area contributed by atoms with Crippen molar-refractivity contribution in [3.05, 3.63) is 43.7 Å². The molecule has 0 fully saturated rings. The van der Waals surface area contributed by atoms with E-state index in [2.05, 4.69) is 9.97 Å². The predicted molar refractivity (Wildman–Crippen MR) is 89.8 cm³/mol.